The van der Waals surface area contributed by atoms with Crippen molar-refractivity contribution in [1.82, 2.24) is 43.7 Å². The number of carbonyl (C=O) groups is 2. The van der Waals surface area contributed by atoms with Crippen molar-refractivity contribution in [2.45, 2.75) is 95.4 Å². The highest BCUT2D eigenvalue weighted by Gasteiger charge is 2.34. The van der Waals surface area contributed by atoms with Crippen LogP contribution in [-0.4, -0.2) is 114 Å². The number of allylic oxidation sites excluding steroid dienone is 1. The highest BCUT2D eigenvalue weighted by atomic mass is 35.5. The number of benzene rings is 2. The molecule has 2 aromatic carbocycles. The van der Waals surface area contributed by atoms with Gasteiger partial charge in [0.25, 0.3) is 0 Å². The minimum Gasteiger partial charge on any atom is -0.393 e. The normalized spacial score (nSPS) is 22.1. The number of carbonyl (C=O) groups excluding carboxylic acids is 2. The Morgan fingerprint density at radius 1 is 0.897 bits per heavy atom. The number of aliphatic hydroxyl groups is 1. The number of hydrogen-bond acceptors (Lipinski definition) is 10. The van der Waals surface area contributed by atoms with Gasteiger partial charge in [0.2, 0.25) is 17.8 Å². The predicted molar refractivity (Wildman–Crippen MR) is 262 cm³/mol. The molecule has 5 aliphatic rings. The molecular weight excluding hydrogens is 883 g/mol. The zero-order valence-electron chi connectivity index (χ0n) is 38.7. The summed E-state index contributed by atoms with van der Waals surface area (Å²) in [7, 11) is 1.73. The van der Waals surface area contributed by atoms with Crippen LogP contribution in [0.15, 0.2) is 65.2 Å². The molecule has 0 bridgehead atoms. The van der Waals surface area contributed by atoms with Gasteiger partial charge in [0.1, 0.15) is 17.5 Å². The lowest BCUT2D eigenvalue weighted by Gasteiger charge is -2.38. The Hall–Kier alpha value is -5.63. The number of nitrogens with zero attached hydrogens (tertiary/aromatic N) is 8. The fourth-order valence-corrected chi connectivity index (χ4v) is 11.2. The summed E-state index contributed by atoms with van der Waals surface area (Å²) in [6.07, 6.45) is 14.2. The molecule has 1 atom stereocenters. The number of piperidine rings is 2. The first-order chi connectivity index (χ1) is 33.0. The van der Waals surface area contributed by atoms with Crippen LogP contribution in [0.1, 0.15) is 93.2 Å². The average molecular weight is 944 g/mol. The highest BCUT2D eigenvalue weighted by Crippen LogP contribution is 2.37. The second-order valence-corrected chi connectivity index (χ2v) is 19.9. The maximum absolute atomic E-state index is 14.1. The van der Waals surface area contributed by atoms with Crippen LogP contribution in [0.3, 0.4) is 0 Å². The van der Waals surface area contributed by atoms with E-state index in [0.29, 0.717) is 35.4 Å². The van der Waals surface area contributed by atoms with Crippen molar-refractivity contribution in [3.63, 3.8) is 0 Å². The maximum Gasteiger partial charge on any atom is 0.329 e. The van der Waals surface area contributed by atoms with E-state index < -0.39 is 17.8 Å². The average Bonchev–Trinajstić information content (AvgIpc) is 3.82. The van der Waals surface area contributed by atoms with Gasteiger partial charge in [-0.2, -0.15) is 4.98 Å². The molecule has 14 nitrogen and oxygen atoms in total. The number of rotatable bonds is 11. The van der Waals surface area contributed by atoms with Gasteiger partial charge in [-0.05, 0) is 112 Å². The number of amides is 2. The molecule has 16 heteroatoms. The second-order valence-electron chi connectivity index (χ2n) is 19.4. The van der Waals surface area contributed by atoms with Gasteiger partial charge in [-0.15, -0.1) is 0 Å². The summed E-state index contributed by atoms with van der Waals surface area (Å²) in [5.74, 6) is 6.73. The monoisotopic (exact) mass is 942 g/mol. The minimum atomic E-state index is -0.651. The van der Waals surface area contributed by atoms with Crippen LogP contribution in [0.4, 0.5) is 16.0 Å². The van der Waals surface area contributed by atoms with Crippen molar-refractivity contribution < 1.29 is 19.1 Å². The molecule has 6 heterocycles. The molecule has 3 N–H and O–H groups in total. The van der Waals surface area contributed by atoms with E-state index in [1.807, 2.05) is 12.3 Å². The van der Waals surface area contributed by atoms with Crippen LogP contribution in [0, 0.1) is 23.6 Å². The van der Waals surface area contributed by atoms with Gasteiger partial charge in [0.05, 0.1) is 11.8 Å². The van der Waals surface area contributed by atoms with Crippen molar-refractivity contribution in [1.29, 1.82) is 0 Å². The van der Waals surface area contributed by atoms with Gasteiger partial charge in [-0.25, -0.2) is 14.2 Å². The Morgan fingerprint density at radius 3 is 2.41 bits per heavy atom. The highest BCUT2D eigenvalue weighted by molar-refractivity contribution is 6.30. The smallest absolute Gasteiger partial charge is 0.329 e. The summed E-state index contributed by atoms with van der Waals surface area (Å²) in [6, 6.07) is 12.7. The van der Waals surface area contributed by atoms with Crippen LogP contribution in [0.5, 0.6) is 0 Å². The Morgan fingerprint density at radius 2 is 1.66 bits per heavy atom. The number of nitrogens with one attached hydrogen (secondary N) is 2. The number of imidazole rings is 1. The summed E-state index contributed by atoms with van der Waals surface area (Å²) in [5.41, 5.74) is 7.18. The molecule has 2 amide bonds. The number of likely N-dealkylation sites (tertiary alicyclic amines) is 1. The van der Waals surface area contributed by atoms with Crippen molar-refractivity contribution in [2.24, 2.45) is 13.0 Å². The maximum atomic E-state index is 14.1. The number of hydrogen-bond donors (Lipinski definition) is 3. The number of piperazine rings is 1. The van der Waals surface area contributed by atoms with Crippen LogP contribution < -0.4 is 16.3 Å². The molecule has 3 aromatic heterocycles. The first kappa shape index (κ1) is 46.1. The molecule has 5 aromatic rings. The lowest BCUT2D eigenvalue weighted by Crippen LogP contribution is -2.48. The number of halogens is 2. The third-order valence-electron chi connectivity index (χ3n) is 14.8. The van der Waals surface area contributed by atoms with Crippen LogP contribution in [-0.2, 0) is 29.6 Å². The van der Waals surface area contributed by atoms with Gasteiger partial charge in [-0.1, -0.05) is 47.7 Å². The van der Waals surface area contributed by atoms with Crippen molar-refractivity contribution >= 4 is 52.2 Å². The van der Waals surface area contributed by atoms with Gasteiger partial charge < -0.3 is 24.8 Å². The zero-order chi connectivity index (χ0) is 46.9. The number of fused-ring (bicyclic) bond motifs is 2. The standard InChI is InChI=1S/C52H60ClFN10O4/c1-59-47-26-34(7-14-45(47)64(52(59)68)46-15-16-48(66)57-50(46)67)4-2-3-19-60-20-17-36(18-21-60)32-62-24-22-61(23-25-62)31-35-5-8-37(9-6-35)44-33-63(41-10-12-42(65)13-11-41)49-43(44)30-55-51(58-49)56-40-28-38(53)27-39(54)29-40/h5-6,8-9,26-30,33,36,41-42,46,65H,3,7,10-25,31-32H2,1H3,(H,55,56,58)(H,57,66,67). The van der Waals surface area contributed by atoms with Crippen LogP contribution >= 0.6 is 11.6 Å². The molecule has 3 aliphatic heterocycles. The largest absolute Gasteiger partial charge is 0.393 e. The SMILES string of the molecule is Cn1c2c(n(C3CCC(=O)NC3=O)c1=O)CCC(C#CCCN1CCC(CN3CCN(Cc4ccc(-c5cn(C6CCC(O)CC6)c6nc(Nc7cc(F)cc(Cl)c7)ncc56)cc4)CC3)CC1)=C2. The molecule has 4 fully saturated rings. The number of anilines is 2. The Kier molecular flexibility index (Phi) is 13.7. The third-order valence-corrected chi connectivity index (χ3v) is 15.0. The van der Waals surface area contributed by atoms with Crippen molar-refractivity contribution in [2.75, 3.05) is 57.7 Å². The van der Waals surface area contributed by atoms with E-state index in [9.17, 15) is 23.9 Å². The number of aromatic nitrogens is 5. The van der Waals surface area contributed by atoms with Crippen LogP contribution in [0.25, 0.3) is 28.2 Å². The predicted octanol–water partition coefficient (Wildman–Crippen LogP) is 6.84. The number of imide groups is 1. The molecule has 10 rings (SSSR count). The van der Waals surface area contributed by atoms with E-state index >= 15 is 0 Å². The molecular formula is C52H60ClFN10O4. The van der Waals surface area contributed by atoms with E-state index in [1.54, 1.807) is 22.2 Å². The summed E-state index contributed by atoms with van der Waals surface area (Å²) < 4.78 is 19.5. The fourth-order valence-electron chi connectivity index (χ4n) is 11.0. The van der Waals surface area contributed by atoms with Gasteiger partial charge in [0, 0.05) is 117 Å². The lowest BCUT2D eigenvalue weighted by atomic mass is 9.93. The van der Waals surface area contributed by atoms with E-state index in [1.165, 1.54) is 30.5 Å². The molecule has 0 spiro atoms. The van der Waals surface area contributed by atoms with Crippen LogP contribution in [0.2, 0.25) is 5.02 Å². The Labute approximate surface area is 401 Å². The lowest BCUT2D eigenvalue weighted by molar-refractivity contribution is -0.135. The van der Waals surface area contributed by atoms with Crippen molar-refractivity contribution in [3.8, 4) is 23.0 Å². The first-order valence-corrected chi connectivity index (χ1v) is 24.8. The minimum absolute atomic E-state index is 0.207. The molecule has 356 valence electrons. The van der Waals surface area contributed by atoms with E-state index in [-0.39, 0.29) is 30.2 Å². The molecule has 68 heavy (non-hydrogen) atoms. The summed E-state index contributed by atoms with van der Waals surface area (Å²) >= 11 is 6.12. The summed E-state index contributed by atoms with van der Waals surface area (Å²) in [5, 5.41) is 17.0. The van der Waals surface area contributed by atoms with E-state index in [2.05, 4.69) is 77.2 Å². The van der Waals surface area contributed by atoms with Gasteiger partial charge in [-0.3, -0.25) is 28.9 Å². The fraction of sp³-hybridized carbons (Fsp3) is 0.481. The number of aliphatic hydroxyl groups excluding tert-OH is 1. The van der Waals surface area contributed by atoms with E-state index in [0.717, 1.165) is 137 Å². The molecule has 0 radical (unpaired) electrons. The Bertz CT molecular complexity index is 2820. The molecule has 3 saturated heterocycles. The third kappa shape index (κ3) is 10.2. The molecule has 1 saturated carbocycles. The summed E-state index contributed by atoms with van der Waals surface area (Å²) in [6.45, 7) is 9.52. The van der Waals surface area contributed by atoms with Gasteiger partial charge >= 0.3 is 5.69 Å². The summed E-state index contributed by atoms with van der Waals surface area (Å²) in [4.78, 5) is 54.7. The zero-order valence-corrected chi connectivity index (χ0v) is 39.5. The van der Waals surface area contributed by atoms with Gasteiger partial charge in [0.15, 0.2) is 0 Å². The second kappa shape index (κ2) is 20.1. The Balaban J connectivity index is 0.684. The quantitative estimate of drug-likeness (QED) is 0.0951. The first-order valence-electron chi connectivity index (χ1n) is 24.4. The molecule has 2 aliphatic carbocycles. The molecule has 1 unspecified atom stereocenters. The van der Waals surface area contributed by atoms with E-state index in [4.69, 9.17) is 16.6 Å². The topological polar surface area (TPSA) is 146 Å². The van der Waals surface area contributed by atoms with Crippen molar-refractivity contribution in [3.05, 3.63) is 98.7 Å².